The number of hydrogen-bond acceptors (Lipinski definition) is 9. The van der Waals surface area contributed by atoms with Crippen LogP contribution in [0.4, 0.5) is 22.7 Å². The van der Waals surface area contributed by atoms with Crippen LogP contribution in [-0.2, 0) is 9.59 Å². The highest BCUT2D eigenvalue weighted by molar-refractivity contribution is 9.10. The van der Waals surface area contributed by atoms with Gasteiger partial charge >= 0.3 is 5.97 Å². The molecule has 0 fully saturated rings. The number of anilines is 2. The van der Waals surface area contributed by atoms with Crippen LogP contribution in [0.3, 0.4) is 0 Å². The van der Waals surface area contributed by atoms with Crippen molar-refractivity contribution in [2.45, 2.75) is 52.0 Å². The fourth-order valence-corrected chi connectivity index (χ4v) is 5.45. The molecular weight excluding hydrogens is 911 g/mol. The molecule has 0 aliphatic heterocycles. The van der Waals surface area contributed by atoms with Gasteiger partial charge in [0.25, 0.3) is 17.7 Å². The lowest BCUT2D eigenvalue weighted by Gasteiger charge is -2.23. The van der Waals surface area contributed by atoms with Crippen molar-refractivity contribution < 1.29 is 34.5 Å². The van der Waals surface area contributed by atoms with E-state index < -0.39 is 42.1 Å². The number of nitrogens with zero attached hydrogens (tertiary/aromatic N) is 2. The van der Waals surface area contributed by atoms with Gasteiger partial charge in [-0.2, -0.15) is 0 Å². The van der Waals surface area contributed by atoms with Gasteiger partial charge in [-0.15, -0.1) is 0 Å². The summed E-state index contributed by atoms with van der Waals surface area (Å²) >= 11 is 18.7. The fraction of sp³-hybridized carbons (Fsp3) is 0.211. The standard InChI is InChI=1S/C19H18BrClN4O3.C12H13ClN2O3.C7H7BrN2O/c1-10-14(8-9-15(22-3)16(10)21)23-17(11(2)26)19(28)25-24-18(27)12-4-6-13(20)7-5-12;1-6-8(4-5-9(14-3)10(6)13)15-11(7(2)16)12(17)18;8-6-3-1-5(2-4-6)7(11)10-9/h4-9,11,17,23,26H,1-2H3,(H,24,27)(H,25,28);4-5,7,11,15-16H,1-2H3,(H,17,18);1-4H,9H2,(H,10,11)/t11-,17+;7-,11+;/m00./s1. The van der Waals surface area contributed by atoms with Gasteiger partial charge in [0.1, 0.15) is 6.04 Å². The van der Waals surface area contributed by atoms with E-state index >= 15 is 0 Å². The first-order valence-corrected chi connectivity index (χ1v) is 18.8. The molecule has 0 saturated carbocycles. The summed E-state index contributed by atoms with van der Waals surface area (Å²) in [6.45, 7) is 20.2. The van der Waals surface area contributed by atoms with Gasteiger partial charge < -0.3 is 26.0 Å². The predicted molar refractivity (Wildman–Crippen MR) is 226 cm³/mol. The molecule has 0 aliphatic carbocycles. The van der Waals surface area contributed by atoms with Gasteiger partial charge in [0, 0.05) is 31.4 Å². The Kier molecular flexibility index (Phi) is 19.4. The number of nitrogens with one attached hydrogen (secondary N) is 5. The van der Waals surface area contributed by atoms with Gasteiger partial charge in [-0.1, -0.05) is 67.2 Å². The summed E-state index contributed by atoms with van der Waals surface area (Å²) in [4.78, 5) is 53.0. The summed E-state index contributed by atoms with van der Waals surface area (Å²) < 4.78 is 1.76. The summed E-state index contributed by atoms with van der Waals surface area (Å²) in [7, 11) is 0. The highest BCUT2D eigenvalue weighted by Gasteiger charge is 2.26. The second kappa shape index (κ2) is 23.1. The minimum atomic E-state index is -1.16. The maximum Gasteiger partial charge on any atom is 0.328 e. The summed E-state index contributed by atoms with van der Waals surface area (Å²) in [5, 5.41) is 34.5. The second-order valence-corrected chi connectivity index (χ2v) is 14.4. The largest absolute Gasteiger partial charge is 0.480 e. The molecule has 4 atom stereocenters. The molecule has 0 aromatic heterocycles. The number of nitrogen functional groups attached to an aromatic ring is 1. The average Bonchev–Trinajstić information content (AvgIpc) is 3.18. The van der Waals surface area contributed by atoms with Crippen molar-refractivity contribution in [2.24, 2.45) is 5.84 Å². The molecule has 0 bridgehead atoms. The number of hydrazine groups is 2. The van der Waals surface area contributed by atoms with Gasteiger partial charge in [-0.25, -0.2) is 20.3 Å². The summed E-state index contributed by atoms with van der Waals surface area (Å²) in [6.07, 6.45) is -2.12. The van der Waals surface area contributed by atoms with Crippen LogP contribution in [-0.4, -0.2) is 63.3 Å². The Morgan fingerprint density at radius 2 is 1.05 bits per heavy atom. The molecule has 0 heterocycles. The highest BCUT2D eigenvalue weighted by Crippen LogP contribution is 2.34. The van der Waals surface area contributed by atoms with Crippen LogP contribution in [0.2, 0.25) is 10.0 Å². The van der Waals surface area contributed by atoms with Crippen LogP contribution in [0.1, 0.15) is 45.7 Å². The van der Waals surface area contributed by atoms with Crippen LogP contribution in [0.15, 0.2) is 81.7 Å². The van der Waals surface area contributed by atoms with Crippen molar-refractivity contribution in [1.29, 1.82) is 0 Å². The third-order valence-corrected chi connectivity index (χ3v) is 9.76. The minimum absolute atomic E-state index is 0.272. The zero-order valence-corrected chi connectivity index (χ0v) is 35.4. The average molecular weight is 949 g/mol. The molecule has 3 amide bonds. The van der Waals surface area contributed by atoms with Crippen molar-refractivity contribution in [3.63, 3.8) is 0 Å². The molecule has 15 nitrogen and oxygen atoms in total. The van der Waals surface area contributed by atoms with Gasteiger partial charge in [-0.3, -0.25) is 30.7 Å². The number of aliphatic hydroxyl groups excluding tert-OH is 2. The molecule has 4 aromatic carbocycles. The SMILES string of the molecule is NNC(=O)c1ccc(Br)cc1.[C-]#[N+]c1ccc(N[C@@H](C(=O)NNC(=O)c2ccc(Br)cc2)[C@H](C)O)c(C)c1Cl.[C-]#[N+]c1ccc(N[C@@H](C(=O)O)[C@H](C)O)c(C)c1Cl. The fourth-order valence-electron chi connectivity index (χ4n) is 4.51. The minimum Gasteiger partial charge on any atom is -0.480 e. The number of rotatable bonds is 10. The topological polar surface area (TPSA) is 224 Å². The maximum absolute atomic E-state index is 12.5. The van der Waals surface area contributed by atoms with Crippen molar-refractivity contribution >= 4 is 102 Å². The lowest BCUT2D eigenvalue weighted by atomic mass is 10.1. The highest BCUT2D eigenvalue weighted by atomic mass is 79.9. The van der Waals surface area contributed by atoms with Crippen LogP contribution < -0.4 is 32.8 Å². The van der Waals surface area contributed by atoms with Gasteiger partial charge in [0.05, 0.1) is 35.4 Å². The lowest BCUT2D eigenvalue weighted by Crippen LogP contribution is -2.52. The Morgan fingerprint density at radius 1 is 0.667 bits per heavy atom. The Bertz CT molecular complexity index is 2140. The van der Waals surface area contributed by atoms with E-state index in [-0.39, 0.29) is 16.0 Å². The van der Waals surface area contributed by atoms with Crippen LogP contribution >= 0.6 is 55.1 Å². The molecule has 4 rings (SSSR count). The van der Waals surface area contributed by atoms with E-state index in [4.69, 9.17) is 47.3 Å². The Balaban J connectivity index is 0.000000329. The molecule has 0 aliphatic rings. The molecular formula is C38H38Br2Cl2N8O7. The molecule has 19 heteroatoms. The van der Waals surface area contributed by atoms with E-state index in [0.717, 1.165) is 8.95 Å². The number of amides is 3. The zero-order valence-electron chi connectivity index (χ0n) is 30.7. The van der Waals surface area contributed by atoms with E-state index in [2.05, 4.69) is 63.0 Å². The Hall–Kier alpha value is -5.24. The molecule has 0 unspecified atom stereocenters. The molecule has 10 N–H and O–H groups in total. The second-order valence-electron chi connectivity index (χ2n) is 11.9. The third-order valence-electron chi connectivity index (χ3n) is 7.75. The number of carboxylic acid groups (broad SMARTS) is 1. The number of benzene rings is 4. The van der Waals surface area contributed by atoms with E-state index in [9.17, 15) is 29.4 Å². The number of aliphatic carboxylic acids is 1. The molecule has 0 spiro atoms. The van der Waals surface area contributed by atoms with E-state index in [0.29, 0.717) is 45.0 Å². The van der Waals surface area contributed by atoms with Crippen LogP contribution in [0.5, 0.6) is 0 Å². The number of carboxylic acids is 1. The van der Waals surface area contributed by atoms with Crippen LogP contribution in [0.25, 0.3) is 9.69 Å². The molecule has 4 aromatic rings. The van der Waals surface area contributed by atoms with Crippen molar-refractivity contribution in [3.8, 4) is 0 Å². The number of aliphatic hydroxyl groups is 2. The number of hydrogen-bond donors (Lipinski definition) is 9. The summed E-state index contributed by atoms with van der Waals surface area (Å²) in [6, 6.07) is 17.6. The smallest absolute Gasteiger partial charge is 0.328 e. The zero-order chi connectivity index (χ0) is 43.0. The number of carbonyl (C=O) groups excluding carboxylic acids is 3. The van der Waals surface area contributed by atoms with Gasteiger partial charge in [-0.05, 0) is 99.5 Å². The molecule has 300 valence electrons. The monoisotopic (exact) mass is 946 g/mol. The number of carbonyl (C=O) groups is 4. The Morgan fingerprint density at radius 3 is 1.40 bits per heavy atom. The van der Waals surface area contributed by atoms with Gasteiger partial charge in [0.2, 0.25) is 11.4 Å². The first kappa shape index (κ1) is 47.9. The first-order valence-electron chi connectivity index (χ1n) is 16.4. The van der Waals surface area contributed by atoms with Gasteiger partial charge in [0.15, 0.2) is 6.04 Å². The first-order chi connectivity index (χ1) is 26.9. The quantitative estimate of drug-likeness (QED) is 0.0340. The summed E-state index contributed by atoms with van der Waals surface area (Å²) in [5.74, 6) is 2.36. The number of nitrogens with two attached hydrogens (primary N) is 1. The molecule has 0 saturated heterocycles. The van der Waals surface area contributed by atoms with Crippen molar-refractivity contribution in [1.82, 2.24) is 16.3 Å². The Labute approximate surface area is 355 Å². The van der Waals surface area contributed by atoms with E-state index in [1.54, 1.807) is 74.5 Å². The summed E-state index contributed by atoms with van der Waals surface area (Å²) in [5.41, 5.74) is 10.3. The van der Waals surface area contributed by atoms with Crippen LogP contribution in [0, 0.1) is 27.0 Å². The van der Waals surface area contributed by atoms with E-state index in [1.807, 2.05) is 5.43 Å². The van der Waals surface area contributed by atoms with Crippen molar-refractivity contribution in [3.05, 3.63) is 137 Å². The third kappa shape index (κ3) is 14.3. The molecule has 0 radical (unpaired) electrons. The normalized spacial score (nSPS) is 12.2. The number of halogens is 4. The predicted octanol–water partition coefficient (Wildman–Crippen LogP) is 7.08. The maximum atomic E-state index is 12.5. The molecule has 57 heavy (non-hydrogen) atoms. The lowest BCUT2D eigenvalue weighted by molar-refractivity contribution is -0.140. The van der Waals surface area contributed by atoms with Crippen molar-refractivity contribution in [2.75, 3.05) is 10.6 Å². The van der Waals surface area contributed by atoms with E-state index in [1.165, 1.54) is 26.0 Å².